The van der Waals surface area contributed by atoms with Crippen molar-refractivity contribution in [3.63, 3.8) is 0 Å². The molecule has 1 N–H and O–H groups in total. The van der Waals surface area contributed by atoms with Gasteiger partial charge in [-0.3, -0.25) is 4.79 Å². The van der Waals surface area contributed by atoms with Crippen LogP contribution in [-0.4, -0.2) is 49.7 Å². The molecule has 2 fully saturated rings. The standard InChI is InChI=1S/C15H28N2O2/c1-4-17(10-12-6-9-19-11-12)14(18)13-15(2,3)7-5-8-16-13/h12-13,16H,4-11H2,1-3H3. The van der Waals surface area contributed by atoms with Crippen molar-refractivity contribution in [1.82, 2.24) is 10.2 Å². The number of nitrogens with one attached hydrogen (secondary N) is 1. The van der Waals surface area contributed by atoms with Gasteiger partial charge in [-0.1, -0.05) is 13.8 Å². The number of nitrogens with zero attached hydrogens (tertiary/aromatic N) is 1. The van der Waals surface area contributed by atoms with Crippen LogP contribution in [0.5, 0.6) is 0 Å². The molecule has 19 heavy (non-hydrogen) atoms. The molecule has 0 aromatic heterocycles. The van der Waals surface area contributed by atoms with Gasteiger partial charge in [0.25, 0.3) is 0 Å². The van der Waals surface area contributed by atoms with Crippen LogP contribution in [0.4, 0.5) is 0 Å². The van der Waals surface area contributed by atoms with Gasteiger partial charge >= 0.3 is 0 Å². The van der Waals surface area contributed by atoms with Crippen molar-refractivity contribution in [2.75, 3.05) is 32.8 Å². The minimum absolute atomic E-state index is 0.0245. The Morgan fingerprint density at radius 2 is 2.26 bits per heavy atom. The highest BCUT2D eigenvalue weighted by atomic mass is 16.5. The smallest absolute Gasteiger partial charge is 0.240 e. The molecular formula is C15H28N2O2. The Balaban J connectivity index is 1.98. The zero-order valence-electron chi connectivity index (χ0n) is 12.6. The minimum Gasteiger partial charge on any atom is -0.381 e. The summed E-state index contributed by atoms with van der Waals surface area (Å²) in [7, 11) is 0. The van der Waals surface area contributed by atoms with Crippen LogP contribution in [0.25, 0.3) is 0 Å². The highest BCUT2D eigenvalue weighted by molar-refractivity contribution is 5.83. The number of carbonyl (C=O) groups is 1. The Bertz CT molecular complexity index is 311. The quantitative estimate of drug-likeness (QED) is 0.843. The molecule has 2 rings (SSSR count). The summed E-state index contributed by atoms with van der Waals surface area (Å²) in [5.74, 6) is 0.801. The fraction of sp³-hybridized carbons (Fsp3) is 0.933. The first-order valence-corrected chi connectivity index (χ1v) is 7.64. The summed E-state index contributed by atoms with van der Waals surface area (Å²) in [5, 5.41) is 3.43. The van der Waals surface area contributed by atoms with E-state index in [0.29, 0.717) is 5.92 Å². The molecule has 1 amide bonds. The maximum Gasteiger partial charge on any atom is 0.240 e. The van der Waals surface area contributed by atoms with Crippen molar-refractivity contribution < 1.29 is 9.53 Å². The molecule has 0 bridgehead atoms. The average molecular weight is 268 g/mol. The number of hydrogen-bond acceptors (Lipinski definition) is 3. The monoisotopic (exact) mass is 268 g/mol. The van der Waals surface area contributed by atoms with Gasteiger partial charge < -0.3 is 15.0 Å². The summed E-state index contributed by atoms with van der Waals surface area (Å²) in [6.45, 7) is 10.7. The lowest BCUT2D eigenvalue weighted by atomic mass is 9.77. The number of rotatable bonds is 4. The zero-order chi connectivity index (χ0) is 13.9. The Kier molecular flexibility index (Phi) is 4.85. The number of likely N-dealkylation sites (N-methyl/N-ethyl adjacent to an activating group) is 1. The summed E-state index contributed by atoms with van der Waals surface area (Å²) in [6.07, 6.45) is 3.38. The fourth-order valence-corrected chi connectivity index (χ4v) is 3.23. The number of ether oxygens (including phenoxy) is 1. The predicted octanol–water partition coefficient (Wildman–Crippen LogP) is 1.65. The molecule has 0 aromatic rings. The van der Waals surface area contributed by atoms with Gasteiger partial charge in [-0.15, -0.1) is 0 Å². The molecule has 2 atom stereocenters. The third kappa shape index (κ3) is 3.48. The Hall–Kier alpha value is -0.610. The van der Waals surface area contributed by atoms with Crippen LogP contribution in [0.2, 0.25) is 0 Å². The Morgan fingerprint density at radius 1 is 1.47 bits per heavy atom. The molecule has 2 heterocycles. The number of piperidine rings is 1. The maximum atomic E-state index is 12.8. The lowest BCUT2D eigenvalue weighted by Crippen LogP contribution is -2.57. The van der Waals surface area contributed by atoms with Crippen LogP contribution in [0.15, 0.2) is 0 Å². The molecule has 110 valence electrons. The van der Waals surface area contributed by atoms with E-state index >= 15 is 0 Å². The molecule has 0 spiro atoms. The van der Waals surface area contributed by atoms with Gasteiger partial charge in [-0.05, 0) is 38.1 Å². The normalized spacial score (nSPS) is 30.3. The van der Waals surface area contributed by atoms with Crippen molar-refractivity contribution in [2.24, 2.45) is 11.3 Å². The van der Waals surface area contributed by atoms with E-state index in [-0.39, 0.29) is 17.4 Å². The van der Waals surface area contributed by atoms with Gasteiger partial charge in [0.05, 0.1) is 12.6 Å². The SMILES string of the molecule is CCN(CC1CCOC1)C(=O)C1NCCCC1(C)C. The molecule has 4 nitrogen and oxygen atoms in total. The molecule has 2 saturated heterocycles. The summed E-state index contributed by atoms with van der Waals surface area (Å²) in [6, 6.07) is -0.0245. The average Bonchev–Trinajstić information content (AvgIpc) is 2.87. The zero-order valence-corrected chi connectivity index (χ0v) is 12.6. The van der Waals surface area contributed by atoms with Gasteiger partial charge in [0.15, 0.2) is 0 Å². The number of amides is 1. The molecular weight excluding hydrogens is 240 g/mol. The molecule has 0 saturated carbocycles. The van der Waals surface area contributed by atoms with E-state index in [9.17, 15) is 4.79 Å². The molecule has 0 radical (unpaired) electrons. The largest absolute Gasteiger partial charge is 0.381 e. The lowest BCUT2D eigenvalue weighted by Gasteiger charge is -2.41. The molecule has 4 heteroatoms. The van der Waals surface area contributed by atoms with Gasteiger partial charge in [0, 0.05) is 25.6 Å². The molecule has 0 aromatic carbocycles. The Labute approximate surface area is 116 Å². The van der Waals surface area contributed by atoms with Crippen molar-refractivity contribution >= 4 is 5.91 Å². The first kappa shape index (κ1) is 14.8. The van der Waals surface area contributed by atoms with Gasteiger partial charge in [-0.25, -0.2) is 0 Å². The number of hydrogen-bond donors (Lipinski definition) is 1. The van der Waals surface area contributed by atoms with E-state index in [1.165, 1.54) is 6.42 Å². The third-order valence-electron chi connectivity index (χ3n) is 4.57. The van der Waals surface area contributed by atoms with Crippen molar-refractivity contribution in [3.8, 4) is 0 Å². The van der Waals surface area contributed by atoms with Crippen LogP contribution in [-0.2, 0) is 9.53 Å². The predicted molar refractivity (Wildman–Crippen MR) is 76.0 cm³/mol. The van der Waals surface area contributed by atoms with E-state index in [4.69, 9.17) is 4.74 Å². The van der Waals surface area contributed by atoms with E-state index in [1.807, 2.05) is 4.90 Å². The van der Waals surface area contributed by atoms with E-state index in [2.05, 4.69) is 26.1 Å². The molecule has 2 aliphatic rings. The van der Waals surface area contributed by atoms with E-state index in [0.717, 1.165) is 45.7 Å². The van der Waals surface area contributed by atoms with Crippen molar-refractivity contribution in [3.05, 3.63) is 0 Å². The van der Waals surface area contributed by atoms with Gasteiger partial charge in [0.2, 0.25) is 5.91 Å². The second-order valence-electron chi connectivity index (χ2n) is 6.59. The van der Waals surface area contributed by atoms with Crippen molar-refractivity contribution in [2.45, 2.75) is 46.1 Å². The van der Waals surface area contributed by atoms with Crippen LogP contribution < -0.4 is 5.32 Å². The Morgan fingerprint density at radius 3 is 2.84 bits per heavy atom. The summed E-state index contributed by atoms with van der Waals surface area (Å²) in [5.41, 5.74) is 0.0644. The van der Waals surface area contributed by atoms with E-state index < -0.39 is 0 Å². The second-order valence-corrected chi connectivity index (χ2v) is 6.59. The highest BCUT2D eigenvalue weighted by Crippen LogP contribution is 2.31. The van der Waals surface area contributed by atoms with Crippen LogP contribution in [0.1, 0.15) is 40.0 Å². The third-order valence-corrected chi connectivity index (χ3v) is 4.57. The number of carbonyl (C=O) groups excluding carboxylic acids is 1. The molecule has 0 aliphatic carbocycles. The summed E-state index contributed by atoms with van der Waals surface area (Å²) >= 11 is 0. The van der Waals surface area contributed by atoms with Gasteiger partial charge in [-0.2, -0.15) is 0 Å². The minimum atomic E-state index is -0.0245. The lowest BCUT2D eigenvalue weighted by molar-refractivity contribution is -0.137. The highest BCUT2D eigenvalue weighted by Gasteiger charge is 2.39. The topological polar surface area (TPSA) is 41.6 Å². The van der Waals surface area contributed by atoms with Crippen LogP contribution in [0, 0.1) is 11.3 Å². The second kappa shape index (κ2) is 6.23. The van der Waals surface area contributed by atoms with Crippen LogP contribution in [0.3, 0.4) is 0 Å². The molecule has 2 unspecified atom stereocenters. The fourth-order valence-electron chi connectivity index (χ4n) is 3.23. The molecule has 2 aliphatic heterocycles. The first-order valence-electron chi connectivity index (χ1n) is 7.64. The summed E-state index contributed by atoms with van der Waals surface area (Å²) in [4.78, 5) is 14.8. The van der Waals surface area contributed by atoms with E-state index in [1.54, 1.807) is 0 Å². The van der Waals surface area contributed by atoms with Crippen LogP contribution >= 0.6 is 0 Å². The van der Waals surface area contributed by atoms with Gasteiger partial charge in [0.1, 0.15) is 0 Å². The summed E-state index contributed by atoms with van der Waals surface area (Å²) < 4.78 is 5.42. The van der Waals surface area contributed by atoms with Crippen molar-refractivity contribution in [1.29, 1.82) is 0 Å². The maximum absolute atomic E-state index is 12.8. The first-order chi connectivity index (χ1) is 9.04.